The van der Waals surface area contributed by atoms with Gasteiger partial charge in [-0.25, -0.2) is 4.98 Å². The van der Waals surface area contributed by atoms with Crippen LogP contribution in [0.25, 0.3) is 21.8 Å². The van der Waals surface area contributed by atoms with Crippen LogP contribution in [0.2, 0.25) is 0 Å². The minimum absolute atomic E-state index is 0.259. The molecule has 0 bridgehead atoms. The maximum atomic E-state index is 9.04. The van der Waals surface area contributed by atoms with Gasteiger partial charge >= 0.3 is 0 Å². The average molecular weight is 218 g/mol. The van der Waals surface area contributed by atoms with E-state index in [1.165, 1.54) is 0 Å². The average Bonchev–Trinajstić information content (AvgIpc) is 2.76. The van der Waals surface area contributed by atoms with Gasteiger partial charge in [-0.15, -0.1) is 0 Å². The van der Waals surface area contributed by atoms with E-state index in [4.69, 9.17) is 10.5 Å². The Morgan fingerprint density at radius 1 is 1.06 bits per heavy atom. The number of fused-ring (bicyclic) bond motifs is 3. The third kappa shape index (κ3) is 1.25. The standard InChI is InChI=1S/C13H6N4/c14-6-8-5-10-9-3-1-2-4-11(9)17-13(10)12(7-15)16-8/h1-5,17H. The molecule has 0 unspecified atom stereocenters. The summed E-state index contributed by atoms with van der Waals surface area (Å²) in [5.41, 5.74) is 2.15. The Morgan fingerprint density at radius 2 is 1.88 bits per heavy atom. The number of pyridine rings is 1. The summed E-state index contributed by atoms with van der Waals surface area (Å²) in [7, 11) is 0. The number of aromatic nitrogens is 2. The highest BCUT2D eigenvalue weighted by atomic mass is 14.8. The van der Waals surface area contributed by atoms with Crippen LogP contribution < -0.4 is 0 Å². The van der Waals surface area contributed by atoms with Crippen LogP contribution in [-0.4, -0.2) is 9.97 Å². The number of H-pyrrole nitrogens is 1. The molecule has 3 aromatic rings. The van der Waals surface area contributed by atoms with Crippen molar-refractivity contribution in [2.45, 2.75) is 0 Å². The van der Waals surface area contributed by atoms with Crippen molar-refractivity contribution in [3.63, 3.8) is 0 Å². The monoisotopic (exact) mass is 218 g/mol. The Hall–Kier alpha value is -2.85. The number of hydrogen-bond acceptors (Lipinski definition) is 3. The summed E-state index contributed by atoms with van der Waals surface area (Å²) in [5, 5.41) is 19.8. The molecule has 0 fully saturated rings. The Bertz CT molecular complexity index is 815. The number of aromatic amines is 1. The second kappa shape index (κ2) is 3.33. The minimum Gasteiger partial charge on any atom is -0.352 e. The predicted molar refractivity (Wildman–Crippen MR) is 63.0 cm³/mol. The van der Waals surface area contributed by atoms with E-state index in [2.05, 4.69) is 9.97 Å². The third-order valence-corrected chi connectivity index (χ3v) is 2.72. The van der Waals surface area contributed by atoms with Crippen molar-refractivity contribution >= 4 is 21.8 Å². The van der Waals surface area contributed by atoms with Crippen molar-refractivity contribution in [3.05, 3.63) is 41.7 Å². The molecule has 0 saturated heterocycles. The van der Waals surface area contributed by atoms with Crippen molar-refractivity contribution < 1.29 is 0 Å². The summed E-state index contributed by atoms with van der Waals surface area (Å²) in [5.74, 6) is 0. The van der Waals surface area contributed by atoms with E-state index in [0.29, 0.717) is 5.52 Å². The summed E-state index contributed by atoms with van der Waals surface area (Å²) < 4.78 is 0. The second-order valence-corrected chi connectivity index (χ2v) is 3.67. The summed E-state index contributed by atoms with van der Waals surface area (Å²) in [4.78, 5) is 7.13. The normalized spacial score (nSPS) is 10.2. The first-order valence-corrected chi connectivity index (χ1v) is 5.05. The maximum Gasteiger partial charge on any atom is 0.166 e. The fourth-order valence-corrected chi connectivity index (χ4v) is 1.98. The number of nitriles is 2. The molecular weight excluding hydrogens is 212 g/mol. The van der Waals surface area contributed by atoms with Gasteiger partial charge in [0.1, 0.15) is 17.8 Å². The van der Waals surface area contributed by atoms with Gasteiger partial charge in [-0.05, 0) is 12.1 Å². The van der Waals surface area contributed by atoms with Gasteiger partial charge in [0, 0.05) is 16.3 Å². The molecule has 1 N–H and O–H groups in total. The fraction of sp³-hybridized carbons (Fsp3) is 0. The number of benzene rings is 1. The molecule has 3 rings (SSSR count). The van der Waals surface area contributed by atoms with Crippen LogP contribution >= 0.6 is 0 Å². The highest BCUT2D eigenvalue weighted by molar-refractivity contribution is 6.08. The van der Waals surface area contributed by atoms with Gasteiger partial charge < -0.3 is 4.98 Å². The number of nitrogens with zero attached hydrogens (tertiary/aromatic N) is 3. The van der Waals surface area contributed by atoms with Crippen molar-refractivity contribution in [2.24, 2.45) is 0 Å². The van der Waals surface area contributed by atoms with Crippen molar-refractivity contribution in [2.75, 3.05) is 0 Å². The van der Waals surface area contributed by atoms with Crippen molar-refractivity contribution in [1.82, 2.24) is 9.97 Å². The predicted octanol–water partition coefficient (Wildman–Crippen LogP) is 2.46. The molecule has 1 aromatic carbocycles. The molecule has 2 aromatic heterocycles. The molecule has 0 spiro atoms. The largest absolute Gasteiger partial charge is 0.352 e. The summed E-state index contributed by atoms with van der Waals surface area (Å²) in [6, 6.07) is 13.4. The van der Waals surface area contributed by atoms with E-state index >= 15 is 0 Å². The molecule has 0 amide bonds. The number of para-hydroxylation sites is 1. The zero-order valence-corrected chi connectivity index (χ0v) is 8.73. The SMILES string of the molecule is N#Cc1cc2c([nH]c3ccccc32)c(C#N)n1. The zero-order chi connectivity index (χ0) is 11.8. The van der Waals surface area contributed by atoms with Gasteiger partial charge in [-0.2, -0.15) is 10.5 Å². The molecule has 17 heavy (non-hydrogen) atoms. The van der Waals surface area contributed by atoms with Gasteiger partial charge in [-0.3, -0.25) is 0 Å². The first kappa shape index (κ1) is 9.38. The lowest BCUT2D eigenvalue weighted by molar-refractivity contribution is 1.24. The molecule has 4 heteroatoms. The molecule has 2 heterocycles. The van der Waals surface area contributed by atoms with Crippen LogP contribution in [0.1, 0.15) is 11.4 Å². The van der Waals surface area contributed by atoms with E-state index in [9.17, 15) is 0 Å². The second-order valence-electron chi connectivity index (χ2n) is 3.67. The highest BCUT2D eigenvalue weighted by Gasteiger charge is 2.10. The molecule has 4 nitrogen and oxygen atoms in total. The van der Waals surface area contributed by atoms with E-state index in [1.54, 1.807) is 6.07 Å². The Labute approximate surface area is 96.7 Å². The summed E-state index contributed by atoms with van der Waals surface area (Å²) in [6.45, 7) is 0. The van der Waals surface area contributed by atoms with E-state index in [-0.39, 0.29) is 11.4 Å². The number of hydrogen-bond donors (Lipinski definition) is 1. The molecule has 0 aliphatic rings. The van der Waals surface area contributed by atoms with Gasteiger partial charge in [0.15, 0.2) is 5.69 Å². The van der Waals surface area contributed by atoms with Crippen LogP contribution in [0.15, 0.2) is 30.3 Å². The maximum absolute atomic E-state index is 9.04. The van der Waals surface area contributed by atoms with E-state index in [0.717, 1.165) is 16.3 Å². The smallest absolute Gasteiger partial charge is 0.166 e. The van der Waals surface area contributed by atoms with Gasteiger partial charge in [0.25, 0.3) is 0 Å². The first-order chi connectivity index (χ1) is 8.33. The van der Waals surface area contributed by atoms with E-state index in [1.807, 2.05) is 36.4 Å². The van der Waals surface area contributed by atoms with Gasteiger partial charge in [-0.1, -0.05) is 18.2 Å². The minimum atomic E-state index is 0.259. The summed E-state index contributed by atoms with van der Waals surface area (Å²) >= 11 is 0. The quantitative estimate of drug-likeness (QED) is 0.629. The van der Waals surface area contributed by atoms with Crippen molar-refractivity contribution in [3.8, 4) is 12.1 Å². The van der Waals surface area contributed by atoms with Crippen LogP contribution in [0.3, 0.4) is 0 Å². The molecule has 0 aliphatic carbocycles. The first-order valence-electron chi connectivity index (χ1n) is 5.05. The molecule has 0 atom stereocenters. The summed E-state index contributed by atoms with van der Waals surface area (Å²) in [6.07, 6.45) is 0. The Morgan fingerprint density at radius 3 is 2.65 bits per heavy atom. The lowest BCUT2D eigenvalue weighted by atomic mass is 10.1. The third-order valence-electron chi connectivity index (χ3n) is 2.72. The van der Waals surface area contributed by atoms with Crippen LogP contribution in [-0.2, 0) is 0 Å². The van der Waals surface area contributed by atoms with Gasteiger partial charge in [0.2, 0.25) is 0 Å². The lowest BCUT2D eigenvalue weighted by Gasteiger charge is -1.94. The van der Waals surface area contributed by atoms with Crippen LogP contribution in [0.4, 0.5) is 0 Å². The topological polar surface area (TPSA) is 76.3 Å². The Balaban J connectivity index is 2.58. The van der Waals surface area contributed by atoms with Gasteiger partial charge in [0.05, 0.1) is 5.52 Å². The molecule has 0 radical (unpaired) electrons. The lowest BCUT2D eigenvalue weighted by Crippen LogP contribution is -1.89. The molecular formula is C13H6N4. The molecule has 0 saturated carbocycles. The Kier molecular flexibility index (Phi) is 1.84. The molecule has 78 valence electrons. The van der Waals surface area contributed by atoms with Crippen molar-refractivity contribution in [1.29, 1.82) is 10.5 Å². The highest BCUT2D eigenvalue weighted by Crippen LogP contribution is 2.26. The van der Waals surface area contributed by atoms with Crippen LogP contribution in [0.5, 0.6) is 0 Å². The fourth-order valence-electron chi connectivity index (χ4n) is 1.98. The zero-order valence-electron chi connectivity index (χ0n) is 8.73. The molecule has 0 aliphatic heterocycles. The number of rotatable bonds is 0. The number of nitrogens with one attached hydrogen (secondary N) is 1. The van der Waals surface area contributed by atoms with E-state index < -0.39 is 0 Å². The van der Waals surface area contributed by atoms with Crippen LogP contribution in [0, 0.1) is 22.7 Å².